The van der Waals surface area contributed by atoms with Crippen LogP contribution in [0.5, 0.6) is 5.88 Å². The first-order chi connectivity index (χ1) is 12.7. The highest BCUT2D eigenvalue weighted by Crippen LogP contribution is 2.17. The molecule has 7 nitrogen and oxygen atoms in total. The molecule has 0 unspecified atom stereocenters. The van der Waals surface area contributed by atoms with E-state index in [9.17, 15) is 4.79 Å². The summed E-state index contributed by atoms with van der Waals surface area (Å²) in [5.41, 5.74) is 2.51. The molecule has 8 heteroatoms. The van der Waals surface area contributed by atoms with Crippen LogP contribution in [0.4, 0.5) is 0 Å². The number of hydrogen-bond donors (Lipinski definition) is 1. The van der Waals surface area contributed by atoms with E-state index in [0.717, 1.165) is 15.7 Å². The SMILES string of the molecule is CCOc1cnc(-c2ccc(C(=O)NCc3cc(Br)ccn3)nc2)cn1. The van der Waals surface area contributed by atoms with Gasteiger partial charge >= 0.3 is 0 Å². The van der Waals surface area contributed by atoms with Crippen LogP contribution in [0.25, 0.3) is 11.3 Å². The van der Waals surface area contributed by atoms with Gasteiger partial charge < -0.3 is 10.1 Å². The van der Waals surface area contributed by atoms with E-state index in [0.29, 0.717) is 30.4 Å². The van der Waals surface area contributed by atoms with Gasteiger partial charge in [0.25, 0.3) is 5.91 Å². The molecular formula is C18H16BrN5O2. The largest absolute Gasteiger partial charge is 0.477 e. The van der Waals surface area contributed by atoms with Crippen molar-refractivity contribution in [2.45, 2.75) is 13.5 Å². The number of ether oxygens (including phenoxy) is 1. The fourth-order valence-corrected chi connectivity index (χ4v) is 2.56. The molecule has 3 rings (SSSR count). The van der Waals surface area contributed by atoms with E-state index >= 15 is 0 Å². The average Bonchev–Trinajstić information content (AvgIpc) is 2.67. The van der Waals surface area contributed by atoms with E-state index in [1.54, 1.807) is 36.9 Å². The number of amides is 1. The van der Waals surface area contributed by atoms with Gasteiger partial charge in [-0.25, -0.2) is 9.97 Å². The second-order valence-electron chi connectivity index (χ2n) is 5.25. The minimum absolute atomic E-state index is 0.267. The third-order valence-corrected chi connectivity index (χ3v) is 3.91. The van der Waals surface area contributed by atoms with Crippen molar-refractivity contribution in [1.82, 2.24) is 25.3 Å². The Morgan fingerprint density at radius 1 is 1.12 bits per heavy atom. The molecule has 0 atom stereocenters. The topological polar surface area (TPSA) is 89.9 Å². The van der Waals surface area contributed by atoms with Crippen LogP contribution in [0.1, 0.15) is 23.1 Å². The van der Waals surface area contributed by atoms with Crippen LogP contribution in [-0.4, -0.2) is 32.4 Å². The van der Waals surface area contributed by atoms with E-state index in [2.05, 4.69) is 41.2 Å². The third kappa shape index (κ3) is 4.60. The Bertz CT molecular complexity index is 885. The highest BCUT2D eigenvalue weighted by molar-refractivity contribution is 9.10. The summed E-state index contributed by atoms with van der Waals surface area (Å²) in [5, 5.41) is 2.79. The molecule has 26 heavy (non-hydrogen) atoms. The number of halogens is 1. The number of carbonyl (C=O) groups is 1. The van der Waals surface area contributed by atoms with E-state index in [1.807, 2.05) is 19.1 Å². The summed E-state index contributed by atoms with van der Waals surface area (Å²) in [4.78, 5) is 29.1. The lowest BCUT2D eigenvalue weighted by atomic mass is 10.2. The number of nitrogens with one attached hydrogen (secondary N) is 1. The van der Waals surface area contributed by atoms with Crippen LogP contribution in [0.3, 0.4) is 0 Å². The van der Waals surface area contributed by atoms with Crippen LogP contribution in [-0.2, 0) is 6.54 Å². The van der Waals surface area contributed by atoms with Gasteiger partial charge in [0.15, 0.2) is 0 Å². The van der Waals surface area contributed by atoms with Crippen molar-refractivity contribution in [3.63, 3.8) is 0 Å². The first-order valence-electron chi connectivity index (χ1n) is 7.95. The van der Waals surface area contributed by atoms with Crippen LogP contribution in [0.2, 0.25) is 0 Å². The predicted molar refractivity (Wildman–Crippen MR) is 99.5 cm³/mol. The second kappa shape index (κ2) is 8.48. The zero-order valence-corrected chi connectivity index (χ0v) is 15.6. The first-order valence-corrected chi connectivity index (χ1v) is 8.75. The third-order valence-electron chi connectivity index (χ3n) is 3.42. The Morgan fingerprint density at radius 2 is 2.00 bits per heavy atom. The van der Waals surface area contributed by atoms with Gasteiger partial charge in [0.1, 0.15) is 5.69 Å². The van der Waals surface area contributed by atoms with Crippen molar-refractivity contribution in [2.75, 3.05) is 6.61 Å². The zero-order chi connectivity index (χ0) is 18.4. The Hall–Kier alpha value is -2.87. The number of pyridine rings is 2. The monoisotopic (exact) mass is 413 g/mol. The van der Waals surface area contributed by atoms with E-state index < -0.39 is 0 Å². The van der Waals surface area contributed by atoms with Gasteiger partial charge in [0, 0.05) is 22.4 Å². The average molecular weight is 414 g/mol. The molecular weight excluding hydrogens is 398 g/mol. The van der Waals surface area contributed by atoms with Crippen molar-refractivity contribution in [1.29, 1.82) is 0 Å². The fraction of sp³-hybridized carbons (Fsp3) is 0.167. The Morgan fingerprint density at radius 3 is 2.65 bits per heavy atom. The molecule has 3 heterocycles. The summed E-state index contributed by atoms with van der Waals surface area (Å²) in [6.07, 6.45) is 6.44. The lowest BCUT2D eigenvalue weighted by Gasteiger charge is -2.06. The number of hydrogen-bond acceptors (Lipinski definition) is 6. The highest BCUT2D eigenvalue weighted by atomic mass is 79.9. The molecule has 0 saturated heterocycles. The summed E-state index contributed by atoms with van der Waals surface area (Å²) < 4.78 is 6.18. The molecule has 0 aliphatic carbocycles. The maximum Gasteiger partial charge on any atom is 0.270 e. The van der Waals surface area contributed by atoms with Crippen molar-refractivity contribution >= 4 is 21.8 Å². The lowest BCUT2D eigenvalue weighted by molar-refractivity contribution is 0.0945. The molecule has 3 aromatic rings. The first kappa shape index (κ1) is 17.9. The molecule has 132 valence electrons. The normalized spacial score (nSPS) is 10.4. The van der Waals surface area contributed by atoms with Crippen molar-refractivity contribution in [3.05, 3.63) is 64.9 Å². The Labute approximate surface area is 159 Å². The quantitative estimate of drug-likeness (QED) is 0.667. The molecule has 0 radical (unpaired) electrons. The standard InChI is InChI=1S/C18H16BrN5O2/c1-2-26-17-11-22-16(10-23-17)12-3-4-15(21-8-12)18(25)24-9-14-7-13(19)5-6-20-14/h3-8,10-11H,2,9H2,1H3,(H,24,25). The van der Waals surface area contributed by atoms with Crippen molar-refractivity contribution in [3.8, 4) is 17.1 Å². The van der Waals surface area contributed by atoms with Crippen LogP contribution in [0, 0.1) is 0 Å². The summed E-state index contributed by atoms with van der Waals surface area (Å²) >= 11 is 3.37. The number of nitrogens with zero attached hydrogens (tertiary/aromatic N) is 4. The molecule has 0 saturated carbocycles. The maximum atomic E-state index is 12.2. The molecule has 0 aromatic carbocycles. The smallest absolute Gasteiger partial charge is 0.270 e. The van der Waals surface area contributed by atoms with E-state index in [-0.39, 0.29) is 5.91 Å². The summed E-state index contributed by atoms with van der Waals surface area (Å²) in [7, 11) is 0. The van der Waals surface area contributed by atoms with Crippen LogP contribution in [0.15, 0.2) is 53.5 Å². The molecule has 3 aromatic heterocycles. The molecule has 0 spiro atoms. The predicted octanol–water partition coefficient (Wildman–Crippen LogP) is 3.02. The minimum atomic E-state index is -0.267. The summed E-state index contributed by atoms with van der Waals surface area (Å²) in [6.45, 7) is 2.75. The van der Waals surface area contributed by atoms with E-state index in [1.165, 1.54) is 0 Å². The van der Waals surface area contributed by atoms with Crippen molar-refractivity contribution < 1.29 is 9.53 Å². The van der Waals surface area contributed by atoms with E-state index in [4.69, 9.17) is 4.74 Å². The molecule has 0 aliphatic rings. The molecule has 1 amide bonds. The maximum absolute atomic E-state index is 12.2. The van der Waals surface area contributed by atoms with Gasteiger partial charge in [0.05, 0.1) is 36.9 Å². The number of rotatable bonds is 6. The minimum Gasteiger partial charge on any atom is -0.477 e. The van der Waals surface area contributed by atoms with Crippen LogP contribution >= 0.6 is 15.9 Å². The highest BCUT2D eigenvalue weighted by Gasteiger charge is 2.09. The van der Waals surface area contributed by atoms with Crippen LogP contribution < -0.4 is 10.1 Å². The fourth-order valence-electron chi connectivity index (χ4n) is 2.17. The second-order valence-corrected chi connectivity index (χ2v) is 6.17. The van der Waals surface area contributed by atoms with Gasteiger partial charge in [-0.2, -0.15) is 0 Å². The lowest BCUT2D eigenvalue weighted by Crippen LogP contribution is -2.24. The Kier molecular flexibility index (Phi) is 5.85. The van der Waals surface area contributed by atoms with Gasteiger partial charge in [0.2, 0.25) is 5.88 Å². The molecule has 1 N–H and O–H groups in total. The number of carbonyl (C=O) groups excluding carboxylic acids is 1. The van der Waals surface area contributed by atoms with Gasteiger partial charge in [-0.3, -0.25) is 14.8 Å². The Balaban J connectivity index is 1.64. The van der Waals surface area contributed by atoms with Gasteiger partial charge in [-0.15, -0.1) is 0 Å². The van der Waals surface area contributed by atoms with Crippen molar-refractivity contribution in [2.24, 2.45) is 0 Å². The molecule has 0 aliphatic heterocycles. The molecule has 0 fully saturated rings. The van der Waals surface area contributed by atoms with Gasteiger partial charge in [-0.1, -0.05) is 15.9 Å². The number of aromatic nitrogens is 4. The molecule has 0 bridgehead atoms. The summed E-state index contributed by atoms with van der Waals surface area (Å²) in [5.74, 6) is 0.206. The zero-order valence-electron chi connectivity index (χ0n) is 14.0. The van der Waals surface area contributed by atoms with Gasteiger partial charge in [-0.05, 0) is 31.2 Å². The summed E-state index contributed by atoms with van der Waals surface area (Å²) in [6, 6.07) is 7.11.